The van der Waals surface area contributed by atoms with E-state index in [1.807, 2.05) is 0 Å². The van der Waals surface area contributed by atoms with E-state index >= 15 is 0 Å². The van der Waals surface area contributed by atoms with E-state index in [0.29, 0.717) is 12.0 Å². The van der Waals surface area contributed by atoms with Crippen molar-refractivity contribution < 1.29 is 24.5 Å². The maximum Gasteiger partial charge on any atom is 0.310 e. The lowest BCUT2D eigenvalue weighted by Crippen LogP contribution is -2.21. The first-order valence-corrected chi connectivity index (χ1v) is 5.71. The molecule has 1 rings (SSSR count). The minimum atomic E-state index is -1.00. The van der Waals surface area contributed by atoms with Crippen molar-refractivity contribution in [2.75, 3.05) is 0 Å². The van der Waals surface area contributed by atoms with E-state index in [1.165, 1.54) is 6.07 Å². The monoisotopic (exact) mass is 252 g/mol. The van der Waals surface area contributed by atoms with Gasteiger partial charge in [-0.05, 0) is 12.5 Å². The predicted octanol–water partition coefficient (Wildman–Crippen LogP) is 1.73. The van der Waals surface area contributed by atoms with Gasteiger partial charge in [0, 0.05) is 5.56 Å². The van der Waals surface area contributed by atoms with Crippen LogP contribution in [0.4, 0.5) is 0 Å². The second-order valence-electron chi connectivity index (χ2n) is 3.92. The van der Waals surface area contributed by atoms with Crippen molar-refractivity contribution in [2.24, 2.45) is 0 Å². The maximum atomic E-state index is 11.6. The number of phenols is 1. The summed E-state index contributed by atoms with van der Waals surface area (Å²) in [5.74, 6) is -1.51. The number of benzene rings is 1. The van der Waals surface area contributed by atoms with Crippen LogP contribution < -0.4 is 0 Å². The van der Waals surface area contributed by atoms with Gasteiger partial charge in [0.25, 0.3) is 0 Å². The van der Waals surface area contributed by atoms with Gasteiger partial charge in [0.05, 0.1) is 12.8 Å². The molecule has 0 spiro atoms. The van der Waals surface area contributed by atoms with Gasteiger partial charge in [0.15, 0.2) is 0 Å². The average molecular weight is 252 g/mol. The van der Waals surface area contributed by atoms with Gasteiger partial charge in [0.2, 0.25) is 0 Å². The lowest BCUT2D eigenvalue weighted by atomic mass is 10.1. The van der Waals surface area contributed by atoms with Crippen LogP contribution in [0.5, 0.6) is 5.75 Å². The predicted molar refractivity (Wildman–Crippen MR) is 64.2 cm³/mol. The van der Waals surface area contributed by atoms with Gasteiger partial charge in [-0.25, -0.2) is 0 Å². The van der Waals surface area contributed by atoms with E-state index in [-0.39, 0.29) is 18.6 Å². The van der Waals surface area contributed by atoms with Crippen LogP contribution in [-0.4, -0.2) is 28.3 Å². The molecule has 1 unspecified atom stereocenters. The van der Waals surface area contributed by atoms with Crippen LogP contribution in [0.1, 0.15) is 25.3 Å². The maximum absolute atomic E-state index is 11.6. The molecule has 1 aromatic carbocycles. The van der Waals surface area contributed by atoms with Crippen molar-refractivity contribution in [2.45, 2.75) is 32.3 Å². The summed E-state index contributed by atoms with van der Waals surface area (Å²) >= 11 is 0. The molecule has 1 aromatic rings. The molecule has 0 aromatic heterocycles. The first-order chi connectivity index (χ1) is 8.52. The summed E-state index contributed by atoms with van der Waals surface area (Å²) in [4.78, 5) is 22.1. The van der Waals surface area contributed by atoms with E-state index < -0.39 is 18.0 Å². The molecule has 5 heteroatoms. The standard InChI is InChI=1S/C13H16O5/c1-2-10(8-12(15)16)18-13(17)7-9-5-3-4-6-11(9)14/h3-6,10,14H,2,7-8H2,1H3,(H,15,16). The number of phenolic OH excluding ortho intramolecular Hbond substituents is 1. The number of para-hydroxylation sites is 1. The molecule has 1 atom stereocenters. The van der Waals surface area contributed by atoms with Crippen molar-refractivity contribution in [3.63, 3.8) is 0 Å². The van der Waals surface area contributed by atoms with Crippen molar-refractivity contribution in [3.8, 4) is 5.75 Å². The number of carboxylic acid groups (broad SMARTS) is 1. The molecule has 0 saturated carbocycles. The van der Waals surface area contributed by atoms with Gasteiger partial charge in [-0.1, -0.05) is 25.1 Å². The zero-order valence-electron chi connectivity index (χ0n) is 10.1. The fourth-order valence-electron chi connectivity index (χ4n) is 1.51. The van der Waals surface area contributed by atoms with Gasteiger partial charge < -0.3 is 14.9 Å². The van der Waals surface area contributed by atoms with Gasteiger partial charge in [-0.2, -0.15) is 0 Å². The lowest BCUT2D eigenvalue weighted by molar-refractivity contribution is -0.152. The SMILES string of the molecule is CCC(CC(=O)O)OC(=O)Cc1ccccc1O. The second kappa shape index (κ2) is 6.64. The molecule has 0 fully saturated rings. The third kappa shape index (κ3) is 4.45. The molecular weight excluding hydrogens is 236 g/mol. The number of esters is 1. The first-order valence-electron chi connectivity index (χ1n) is 5.71. The van der Waals surface area contributed by atoms with Crippen LogP contribution >= 0.6 is 0 Å². The van der Waals surface area contributed by atoms with E-state index in [4.69, 9.17) is 9.84 Å². The lowest BCUT2D eigenvalue weighted by Gasteiger charge is -2.14. The number of rotatable bonds is 6. The van der Waals surface area contributed by atoms with Crippen LogP contribution in [0.3, 0.4) is 0 Å². The quantitative estimate of drug-likeness (QED) is 0.753. The largest absolute Gasteiger partial charge is 0.508 e. The highest BCUT2D eigenvalue weighted by atomic mass is 16.5. The Labute approximate surface area is 105 Å². The number of carboxylic acids is 1. The summed E-state index contributed by atoms with van der Waals surface area (Å²) in [7, 11) is 0. The molecule has 0 aliphatic heterocycles. The molecule has 0 aliphatic rings. The van der Waals surface area contributed by atoms with Gasteiger partial charge in [-0.15, -0.1) is 0 Å². The number of carbonyl (C=O) groups is 2. The van der Waals surface area contributed by atoms with Gasteiger partial charge in [0.1, 0.15) is 11.9 Å². The molecule has 2 N–H and O–H groups in total. The van der Waals surface area contributed by atoms with Crippen LogP contribution in [-0.2, 0) is 20.7 Å². The minimum Gasteiger partial charge on any atom is -0.508 e. The average Bonchev–Trinajstić information content (AvgIpc) is 2.30. The molecule has 0 amide bonds. The Morgan fingerprint density at radius 3 is 2.56 bits per heavy atom. The molecule has 98 valence electrons. The molecule has 0 radical (unpaired) electrons. The van der Waals surface area contributed by atoms with Crippen molar-refractivity contribution in [1.29, 1.82) is 0 Å². The molecule has 0 bridgehead atoms. The fraction of sp³-hybridized carbons (Fsp3) is 0.385. The third-order valence-electron chi connectivity index (χ3n) is 2.48. The Morgan fingerprint density at radius 1 is 1.33 bits per heavy atom. The van der Waals surface area contributed by atoms with Gasteiger partial charge in [-0.3, -0.25) is 9.59 Å². The molecule has 0 aliphatic carbocycles. The normalized spacial score (nSPS) is 11.8. The minimum absolute atomic E-state index is 0.0285. The summed E-state index contributed by atoms with van der Waals surface area (Å²) in [5, 5.41) is 18.1. The molecule has 0 heterocycles. The molecule has 18 heavy (non-hydrogen) atoms. The number of carbonyl (C=O) groups excluding carboxylic acids is 1. The summed E-state index contributed by atoms with van der Waals surface area (Å²) in [5.41, 5.74) is 0.465. The van der Waals surface area contributed by atoms with Crippen molar-refractivity contribution in [3.05, 3.63) is 29.8 Å². The third-order valence-corrected chi connectivity index (χ3v) is 2.48. The highest BCUT2D eigenvalue weighted by molar-refractivity contribution is 5.74. The Kier molecular flexibility index (Phi) is 5.17. The Morgan fingerprint density at radius 2 is 2.00 bits per heavy atom. The smallest absolute Gasteiger partial charge is 0.310 e. The fourth-order valence-corrected chi connectivity index (χ4v) is 1.51. The molecule has 0 saturated heterocycles. The second-order valence-corrected chi connectivity index (χ2v) is 3.92. The van der Waals surface area contributed by atoms with E-state index in [0.717, 1.165) is 0 Å². The van der Waals surface area contributed by atoms with Crippen LogP contribution in [0.2, 0.25) is 0 Å². The number of ether oxygens (including phenoxy) is 1. The number of aliphatic carboxylic acids is 1. The van der Waals surface area contributed by atoms with Crippen LogP contribution in [0.25, 0.3) is 0 Å². The first kappa shape index (κ1) is 14.0. The van der Waals surface area contributed by atoms with Crippen LogP contribution in [0, 0.1) is 0 Å². The summed E-state index contributed by atoms with van der Waals surface area (Å²) in [6, 6.07) is 6.46. The molecular formula is C13H16O5. The summed E-state index contributed by atoms with van der Waals surface area (Å²) in [6.07, 6.45) is -0.453. The van der Waals surface area contributed by atoms with Gasteiger partial charge >= 0.3 is 11.9 Å². The Bertz CT molecular complexity index is 427. The van der Waals surface area contributed by atoms with Crippen molar-refractivity contribution in [1.82, 2.24) is 0 Å². The number of hydrogen-bond acceptors (Lipinski definition) is 4. The molecule has 5 nitrogen and oxygen atoms in total. The van der Waals surface area contributed by atoms with Crippen LogP contribution in [0.15, 0.2) is 24.3 Å². The zero-order valence-corrected chi connectivity index (χ0v) is 10.1. The number of aromatic hydroxyl groups is 1. The van der Waals surface area contributed by atoms with E-state index in [9.17, 15) is 14.7 Å². The van der Waals surface area contributed by atoms with E-state index in [1.54, 1.807) is 25.1 Å². The summed E-state index contributed by atoms with van der Waals surface area (Å²) in [6.45, 7) is 1.75. The number of hydrogen-bond donors (Lipinski definition) is 2. The highest BCUT2D eigenvalue weighted by Crippen LogP contribution is 2.17. The highest BCUT2D eigenvalue weighted by Gasteiger charge is 2.17. The van der Waals surface area contributed by atoms with Crippen molar-refractivity contribution >= 4 is 11.9 Å². The Balaban J connectivity index is 2.55. The Hall–Kier alpha value is -2.04. The zero-order chi connectivity index (χ0) is 13.5. The summed E-state index contributed by atoms with van der Waals surface area (Å²) < 4.78 is 5.04. The topological polar surface area (TPSA) is 83.8 Å². The van der Waals surface area contributed by atoms with E-state index in [2.05, 4.69) is 0 Å².